The zero-order chi connectivity index (χ0) is 23.7. The topological polar surface area (TPSA) is 96.6 Å². The molecule has 0 fully saturated rings. The number of carbonyl (C=O) groups excluding carboxylic acids is 2. The number of fused-ring (bicyclic) bond motifs is 2. The maximum absolute atomic E-state index is 13.1. The molecule has 0 unspecified atom stereocenters. The van der Waals surface area contributed by atoms with E-state index in [0.717, 1.165) is 22.9 Å². The number of hydrogen-bond donors (Lipinski definition) is 2. The molecule has 7 nitrogen and oxygen atoms in total. The summed E-state index contributed by atoms with van der Waals surface area (Å²) in [5.74, 6) is -0.339. The van der Waals surface area contributed by atoms with Crippen molar-refractivity contribution >= 4 is 34.1 Å². The van der Waals surface area contributed by atoms with E-state index in [4.69, 9.17) is 4.42 Å². The number of amides is 2. The molecule has 0 bridgehead atoms. The van der Waals surface area contributed by atoms with Gasteiger partial charge in [0.2, 0.25) is 0 Å². The lowest BCUT2D eigenvalue weighted by Crippen LogP contribution is -2.22. The molecule has 1 aliphatic carbocycles. The van der Waals surface area contributed by atoms with Crippen molar-refractivity contribution in [3.8, 4) is 0 Å². The predicted molar refractivity (Wildman–Crippen MR) is 126 cm³/mol. The number of hydrogen-bond acceptors (Lipinski definition) is 5. The first-order valence-corrected chi connectivity index (χ1v) is 10.9. The van der Waals surface area contributed by atoms with E-state index in [1.54, 1.807) is 6.20 Å². The van der Waals surface area contributed by atoms with Crippen molar-refractivity contribution in [1.82, 2.24) is 10.4 Å². The van der Waals surface area contributed by atoms with Crippen LogP contribution >= 0.6 is 0 Å². The summed E-state index contributed by atoms with van der Waals surface area (Å²) in [5.41, 5.74) is 6.31. The van der Waals surface area contributed by atoms with Crippen LogP contribution in [0.15, 0.2) is 70.3 Å². The number of nitrogens with one attached hydrogen (secondary N) is 2. The van der Waals surface area contributed by atoms with Crippen LogP contribution < -0.4 is 10.7 Å². The Kier molecular flexibility index (Phi) is 5.63. The second-order valence-electron chi connectivity index (χ2n) is 8.04. The fourth-order valence-electron chi connectivity index (χ4n) is 4.17. The zero-order valence-corrected chi connectivity index (χ0v) is 18.4. The molecule has 4 aromatic rings. The van der Waals surface area contributed by atoms with E-state index in [2.05, 4.69) is 20.8 Å². The Balaban J connectivity index is 1.40. The summed E-state index contributed by atoms with van der Waals surface area (Å²) >= 11 is 0. The molecule has 8 heteroatoms. The van der Waals surface area contributed by atoms with Gasteiger partial charge in [0.15, 0.2) is 5.76 Å². The number of aromatic nitrogens is 1. The van der Waals surface area contributed by atoms with E-state index in [1.807, 2.05) is 37.3 Å². The third kappa shape index (κ3) is 4.05. The number of anilines is 1. The fraction of sp³-hybridized carbons (Fsp3) is 0.154. The maximum atomic E-state index is 13.1. The van der Waals surface area contributed by atoms with Gasteiger partial charge < -0.3 is 9.73 Å². The fourth-order valence-corrected chi connectivity index (χ4v) is 4.17. The number of rotatable bonds is 4. The molecule has 0 saturated heterocycles. The molecule has 2 aromatic carbocycles. The van der Waals surface area contributed by atoms with Crippen LogP contribution in [-0.2, 0) is 6.42 Å². The molecule has 5 rings (SSSR count). The average Bonchev–Trinajstić information content (AvgIpc) is 3.20. The molecule has 0 saturated carbocycles. The molecular weight excluding hydrogens is 435 g/mol. The molecule has 170 valence electrons. The predicted octanol–water partition coefficient (Wildman–Crippen LogP) is 5.00. The van der Waals surface area contributed by atoms with Gasteiger partial charge in [-0.25, -0.2) is 9.82 Å². The molecular formula is C26H21FN4O3. The van der Waals surface area contributed by atoms with Gasteiger partial charge in [-0.05, 0) is 68.3 Å². The van der Waals surface area contributed by atoms with E-state index in [9.17, 15) is 14.0 Å². The van der Waals surface area contributed by atoms with Gasteiger partial charge in [-0.3, -0.25) is 14.6 Å². The third-order valence-corrected chi connectivity index (χ3v) is 5.82. The van der Waals surface area contributed by atoms with Gasteiger partial charge in [0.1, 0.15) is 11.6 Å². The van der Waals surface area contributed by atoms with Gasteiger partial charge in [-0.1, -0.05) is 6.07 Å². The summed E-state index contributed by atoms with van der Waals surface area (Å²) in [6.07, 6.45) is 3.79. The third-order valence-electron chi connectivity index (χ3n) is 5.82. The molecule has 0 spiro atoms. The second-order valence-corrected chi connectivity index (χ2v) is 8.04. The molecule has 0 atom stereocenters. The summed E-state index contributed by atoms with van der Waals surface area (Å²) in [5, 5.41) is 8.07. The van der Waals surface area contributed by atoms with Crippen LogP contribution in [-0.4, -0.2) is 22.5 Å². The highest BCUT2D eigenvalue weighted by atomic mass is 19.1. The number of nitrogens with zero attached hydrogens (tertiary/aromatic N) is 2. The number of hydrazone groups is 1. The summed E-state index contributed by atoms with van der Waals surface area (Å²) in [6.45, 7) is 1.81. The summed E-state index contributed by atoms with van der Waals surface area (Å²) < 4.78 is 19.1. The second kappa shape index (κ2) is 8.90. The molecule has 2 N–H and O–H groups in total. The van der Waals surface area contributed by atoms with Gasteiger partial charge >= 0.3 is 0 Å². The lowest BCUT2D eigenvalue weighted by molar-refractivity contribution is 0.0953. The highest BCUT2D eigenvalue weighted by Crippen LogP contribution is 2.31. The molecule has 1 aliphatic rings. The standard InChI is InChI=1S/C26H21FN4O3/c1-15-23-21(30-31-25(32)16-10-12-17(27)13-11-16)8-3-9-22(23)34-24(15)26(33)29-20-7-2-6-19-18(20)5-4-14-28-19/h2,4-7,10-14H,3,8-9H2,1H3,(H,29,33)(H,31,32)/b30-21+. The van der Waals surface area contributed by atoms with Crippen molar-refractivity contribution in [3.05, 3.63) is 94.8 Å². The average molecular weight is 456 g/mol. The number of benzene rings is 2. The van der Waals surface area contributed by atoms with Crippen molar-refractivity contribution < 1.29 is 18.4 Å². The minimum Gasteiger partial charge on any atom is -0.455 e. The Morgan fingerprint density at radius 1 is 1.03 bits per heavy atom. The zero-order valence-electron chi connectivity index (χ0n) is 18.4. The molecule has 0 radical (unpaired) electrons. The number of aryl methyl sites for hydroxylation is 1. The Bertz CT molecular complexity index is 1440. The van der Waals surface area contributed by atoms with Gasteiger partial charge in [0.25, 0.3) is 11.8 Å². The van der Waals surface area contributed by atoms with Crippen molar-refractivity contribution in [2.45, 2.75) is 26.2 Å². The van der Waals surface area contributed by atoms with E-state index in [-0.39, 0.29) is 11.7 Å². The van der Waals surface area contributed by atoms with E-state index >= 15 is 0 Å². The number of pyridine rings is 1. The summed E-state index contributed by atoms with van der Waals surface area (Å²) in [4.78, 5) is 29.8. The van der Waals surface area contributed by atoms with E-state index in [0.29, 0.717) is 41.1 Å². The first-order valence-electron chi connectivity index (χ1n) is 10.9. The van der Waals surface area contributed by atoms with Crippen LogP contribution in [0.3, 0.4) is 0 Å². The first-order chi connectivity index (χ1) is 16.5. The van der Waals surface area contributed by atoms with Gasteiger partial charge in [-0.15, -0.1) is 0 Å². The largest absolute Gasteiger partial charge is 0.455 e. The lowest BCUT2D eigenvalue weighted by atomic mass is 9.93. The SMILES string of the molecule is Cc1c(C(=O)Nc2cccc3ncccc23)oc2c1/C(=N/NC(=O)c1ccc(F)cc1)CCC2. The Morgan fingerprint density at radius 3 is 2.68 bits per heavy atom. The Hall–Kier alpha value is -4.33. The van der Waals surface area contributed by atoms with E-state index < -0.39 is 11.7 Å². The van der Waals surface area contributed by atoms with Crippen LogP contribution in [0.5, 0.6) is 0 Å². The highest BCUT2D eigenvalue weighted by molar-refractivity contribution is 6.11. The maximum Gasteiger partial charge on any atom is 0.291 e. The van der Waals surface area contributed by atoms with Crippen LogP contribution in [0.25, 0.3) is 10.9 Å². The first kappa shape index (κ1) is 21.5. The van der Waals surface area contributed by atoms with Crippen molar-refractivity contribution in [3.63, 3.8) is 0 Å². The normalized spacial score (nSPS) is 14.1. The van der Waals surface area contributed by atoms with Crippen LogP contribution in [0.4, 0.5) is 10.1 Å². The van der Waals surface area contributed by atoms with Crippen molar-refractivity contribution in [2.24, 2.45) is 5.10 Å². The summed E-state index contributed by atoms with van der Waals surface area (Å²) in [7, 11) is 0. The molecule has 34 heavy (non-hydrogen) atoms. The molecule has 2 heterocycles. The molecule has 2 amide bonds. The van der Waals surface area contributed by atoms with Gasteiger partial charge in [-0.2, -0.15) is 5.10 Å². The Morgan fingerprint density at radius 2 is 1.85 bits per heavy atom. The number of carbonyl (C=O) groups is 2. The number of halogens is 1. The minimum absolute atomic E-state index is 0.213. The van der Waals surface area contributed by atoms with Crippen molar-refractivity contribution in [1.29, 1.82) is 0 Å². The van der Waals surface area contributed by atoms with Crippen LogP contribution in [0, 0.1) is 12.7 Å². The quantitative estimate of drug-likeness (QED) is 0.423. The van der Waals surface area contributed by atoms with Gasteiger partial charge in [0.05, 0.1) is 16.9 Å². The Labute approximate surface area is 194 Å². The highest BCUT2D eigenvalue weighted by Gasteiger charge is 2.28. The smallest absolute Gasteiger partial charge is 0.291 e. The summed E-state index contributed by atoms with van der Waals surface area (Å²) in [6, 6.07) is 14.5. The van der Waals surface area contributed by atoms with E-state index in [1.165, 1.54) is 24.3 Å². The lowest BCUT2D eigenvalue weighted by Gasteiger charge is -2.13. The molecule has 2 aromatic heterocycles. The van der Waals surface area contributed by atoms with Crippen molar-refractivity contribution in [2.75, 3.05) is 5.32 Å². The number of furan rings is 1. The van der Waals surface area contributed by atoms with Crippen LogP contribution in [0.1, 0.15) is 50.6 Å². The molecule has 0 aliphatic heterocycles. The van der Waals surface area contributed by atoms with Crippen LogP contribution in [0.2, 0.25) is 0 Å². The monoisotopic (exact) mass is 456 g/mol. The minimum atomic E-state index is -0.441. The van der Waals surface area contributed by atoms with Gasteiger partial charge in [0, 0.05) is 34.7 Å².